The lowest BCUT2D eigenvalue weighted by Crippen LogP contribution is -2.36. The van der Waals surface area contributed by atoms with Gasteiger partial charge in [-0.2, -0.15) is 0 Å². The number of nitrogens with one attached hydrogen (secondary N) is 1. The van der Waals surface area contributed by atoms with Gasteiger partial charge < -0.3 is 11.1 Å². The molecule has 0 bridgehead atoms. The summed E-state index contributed by atoms with van der Waals surface area (Å²) in [5, 5.41) is 3.53. The number of nitrogens with two attached hydrogens (primary N) is 1. The fourth-order valence-electron chi connectivity index (χ4n) is 2.20. The van der Waals surface area contributed by atoms with E-state index in [1.807, 2.05) is 0 Å². The molecule has 1 fully saturated rings. The summed E-state index contributed by atoms with van der Waals surface area (Å²) < 4.78 is 0. The summed E-state index contributed by atoms with van der Waals surface area (Å²) in [6.45, 7) is 4.11. The molecular weight excluding hydrogens is 172 g/mol. The molecule has 0 spiro atoms. The van der Waals surface area contributed by atoms with Crippen molar-refractivity contribution in [1.82, 2.24) is 5.32 Å². The van der Waals surface area contributed by atoms with Crippen molar-refractivity contribution in [3.63, 3.8) is 0 Å². The number of hydrogen-bond acceptors (Lipinski definition) is 2. The molecule has 0 heterocycles. The van der Waals surface area contributed by atoms with Gasteiger partial charge in [0.15, 0.2) is 0 Å². The van der Waals surface area contributed by atoms with Gasteiger partial charge in [-0.05, 0) is 32.2 Å². The smallest absolute Gasteiger partial charge is 0.0162 e. The molecule has 0 unspecified atom stereocenters. The molecule has 2 nitrogen and oxygen atoms in total. The molecule has 0 saturated heterocycles. The van der Waals surface area contributed by atoms with Crippen LogP contribution in [0.2, 0.25) is 0 Å². The van der Waals surface area contributed by atoms with Gasteiger partial charge in [0.05, 0.1) is 0 Å². The van der Waals surface area contributed by atoms with E-state index in [0.717, 1.165) is 12.5 Å². The van der Waals surface area contributed by atoms with Crippen molar-refractivity contribution in [3.05, 3.63) is 0 Å². The minimum Gasteiger partial charge on any atom is -0.329 e. The third-order valence-electron chi connectivity index (χ3n) is 3.33. The predicted octanol–water partition coefficient (Wildman–Crippen LogP) is 2.28. The third-order valence-corrected chi connectivity index (χ3v) is 3.33. The SMILES string of the molecule is C[C@@H](CN)NCC1CCCCCCC1. The van der Waals surface area contributed by atoms with Crippen molar-refractivity contribution in [1.29, 1.82) is 0 Å². The molecule has 0 aromatic carbocycles. The zero-order valence-corrected chi connectivity index (χ0v) is 9.60. The topological polar surface area (TPSA) is 38.0 Å². The van der Waals surface area contributed by atoms with Crippen LogP contribution < -0.4 is 11.1 Å². The van der Waals surface area contributed by atoms with Crippen LogP contribution in [0.3, 0.4) is 0 Å². The Balaban J connectivity index is 2.13. The lowest BCUT2D eigenvalue weighted by molar-refractivity contribution is 0.349. The molecule has 84 valence electrons. The quantitative estimate of drug-likeness (QED) is 0.727. The molecule has 2 heteroatoms. The highest BCUT2D eigenvalue weighted by Gasteiger charge is 2.11. The van der Waals surface area contributed by atoms with Gasteiger partial charge in [0.25, 0.3) is 0 Å². The van der Waals surface area contributed by atoms with E-state index in [0.29, 0.717) is 6.04 Å². The Labute approximate surface area is 88.6 Å². The van der Waals surface area contributed by atoms with Crippen LogP contribution in [0, 0.1) is 5.92 Å². The Bertz CT molecular complexity index is 128. The van der Waals surface area contributed by atoms with Crippen LogP contribution in [0.5, 0.6) is 0 Å². The molecule has 1 rings (SSSR count). The molecule has 0 aliphatic heterocycles. The van der Waals surface area contributed by atoms with Crippen LogP contribution in [-0.4, -0.2) is 19.1 Å². The average molecular weight is 198 g/mol. The maximum absolute atomic E-state index is 5.58. The van der Waals surface area contributed by atoms with Crippen LogP contribution in [0.1, 0.15) is 51.9 Å². The van der Waals surface area contributed by atoms with Gasteiger partial charge in [-0.25, -0.2) is 0 Å². The molecule has 0 radical (unpaired) electrons. The first-order valence-electron chi connectivity index (χ1n) is 6.26. The van der Waals surface area contributed by atoms with E-state index in [4.69, 9.17) is 5.73 Å². The first kappa shape index (κ1) is 12.0. The van der Waals surface area contributed by atoms with E-state index in [1.54, 1.807) is 0 Å². The summed E-state index contributed by atoms with van der Waals surface area (Å²) in [6.07, 6.45) is 10.1. The highest BCUT2D eigenvalue weighted by atomic mass is 14.9. The van der Waals surface area contributed by atoms with Crippen molar-refractivity contribution < 1.29 is 0 Å². The second kappa shape index (κ2) is 7.24. The molecule has 14 heavy (non-hydrogen) atoms. The molecule has 0 aromatic rings. The van der Waals surface area contributed by atoms with Crippen molar-refractivity contribution >= 4 is 0 Å². The van der Waals surface area contributed by atoms with Crippen molar-refractivity contribution in [2.75, 3.05) is 13.1 Å². The normalized spacial score (nSPS) is 22.7. The van der Waals surface area contributed by atoms with Gasteiger partial charge in [0, 0.05) is 12.6 Å². The summed E-state index contributed by atoms with van der Waals surface area (Å²) in [7, 11) is 0. The molecule has 1 saturated carbocycles. The molecule has 1 aliphatic carbocycles. The molecule has 0 amide bonds. The summed E-state index contributed by atoms with van der Waals surface area (Å²) in [5.41, 5.74) is 5.58. The Morgan fingerprint density at radius 3 is 2.29 bits per heavy atom. The molecular formula is C12H26N2. The Kier molecular flexibility index (Phi) is 6.20. The van der Waals surface area contributed by atoms with Crippen LogP contribution >= 0.6 is 0 Å². The first-order chi connectivity index (χ1) is 6.83. The Hall–Kier alpha value is -0.0800. The zero-order chi connectivity index (χ0) is 10.2. The van der Waals surface area contributed by atoms with Crippen molar-refractivity contribution in [3.8, 4) is 0 Å². The summed E-state index contributed by atoms with van der Waals surface area (Å²) in [4.78, 5) is 0. The second-order valence-electron chi connectivity index (χ2n) is 4.76. The lowest BCUT2D eigenvalue weighted by atomic mass is 9.91. The van der Waals surface area contributed by atoms with E-state index >= 15 is 0 Å². The average Bonchev–Trinajstić information content (AvgIpc) is 2.15. The Morgan fingerprint density at radius 1 is 1.14 bits per heavy atom. The largest absolute Gasteiger partial charge is 0.329 e. The van der Waals surface area contributed by atoms with Crippen LogP contribution in [0.15, 0.2) is 0 Å². The minimum absolute atomic E-state index is 0.487. The van der Waals surface area contributed by atoms with Crippen molar-refractivity contribution in [2.45, 2.75) is 57.9 Å². The van der Waals surface area contributed by atoms with Gasteiger partial charge in [0.2, 0.25) is 0 Å². The van der Waals surface area contributed by atoms with Gasteiger partial charge in [-0.1, -0.05) is 32.1 Å². The van der Waals surface area contributed by atoms with E-state index in [-0.39, 0.29) is 0 Å². The highest BCUT2D eigenvalue weighted by Crippen LogP contribution is 2.21. The van der Waals surface area contributed by atoms with Crippen molar-refractivity contribution in [2.24, 2.45) is 11.7 Å². The van der Waals surface area contributed by atoms with Gasteiger partial charge in [-0.3, -0.25) is 0 Å². The lowest BCUT2D eigenvalue weighted by Gasteiger charge is -2.22. The van der Waals surface area contributed by atoms with Crippen LogP contribution in [0.4, 0.5) is 0 Å². The molecule has 3 N–H and O–H groups in total. The molecule has 0 aromatic heterocycles. The van der Waals surface area contributed by atoms with Crippen LogP contribution in [-0.2, 0) is 0 Å². The number of rotatable bonds is 4. The number of hydrogen-bond donors (Lipinski definition) is 2. The highest BCUT2D eigenvalue weighted by molar-refractivity contribution is 4.69. The maximum atomic E-state index is 5.58. The van der Waals surface area contributed by atoms with Gasteiger partial charge >= 0.3 is 0 Å². The van der Waals surface area contributed by atoms with E-state index < -0.39 is 0 Å². The summed E-state index contributed by atoms with van der Waals surface area (Å²) in [5.74, 6) is 0.907. The van der Waals surface area contributed by atoms with Gasteiger partial charge in [0.1, 0.15) is 0 Å². The van der Waals surface area contributed by atoms with E-state index in [9.17, 15) is 0 Å². The minimum atomic E-state index is 0.487. The molecule has 1 atom stereocenters. The first-order valence-corrected chi connectivity index (χ1v) is 6.26. The Morgan fingerprint density at radius 2 is 1.71 bits per heavy atom. The predicted molar refractivity (Wildman–Crippen MR) is 62.3 cm³/mol. The summed E-state index contributed by atoms with van der Waals surface area (Å²) in [6, 6.07) is 0.487. The second-order valence-corrected chi connectivity index (χ2v) is 4.76. The van der Waals surface area contributed by atoms with Gasteiger partial charge in [-0.15, -0.1) is 0 Å². The fourth-order valence-corrected chi connectivity index (χ4v) is 2.20. The fraction of sp³-hybridized carbons (Fsp3) is 1.00. The maximum Gasteiger partial charge on any atom is 0.0162 e. The van der Waals surface area contributed by atoms with E-state index in [1.165, 1.54) is 51.5 Å². The third kappa shape index (κ3) is 4.97. The summed E-state index contributed by atoms with van der Waals surface area (Å²) >= 11 is 0. The monoisotopic (exact) mass is 198 g/mol. The van der Waals surface area contributed by atoms with Crippen LogP contribution in [0.25, 0.3) is 0 Å². The van der Waals surface area contributed by atoms with E-state index in [2.05, 4.69) is 12.2 Å². The zero-order valence-electron chi connectivity index (χ0n) is 9.60. The molecule has 1 aliphatic rings. The standard InChI is InChI=1S/C12H26N2/c1-11(9-13)14-10-12-7-5-3-2-4-6-8-12/h11-12,14H,2-10,13H2,1H3/t11-/m0/s1.